The van der Waals surface area contributed by atoms with Crippen LogP contribution in [-0.4, -0.2) is 16.4 Å². The van der Waals surface area contributed by atoms with Gasteiger partial charge in [-0.2, -0.15) is 13.2 Å². The molecular formula is C23H13Cl2F3N2O2. The van der Waals surface area contributed by atoms with Gasteiger partial charge in [0, 0.05) is 22.8 Å². The Kier molecular flexibility index (Phi) is 5.71. The Labute approximate surface area is 190 Å². The first-order valence-electron chi connectivity index (χ1n) is 9.23. The first-order chi connectivity index (χ1) is 15.1. The van der Waals surface area contributed by atoms with Crippen LogP contribution in [0.4, 0.5) is 18.9 Å². The summed E-state index contributed by atoms with van der Waals surface area (Å²) in [6, 6.07) is 15.3. The molecule has 0 saturated carbocycles. The molecule has 1 N–H and O–H groups in total. The molecule has 0 fully saturated rings. The summed E-state index contributed by atoms with van der Waals surface area (Å²) in [5.41, 5.74) is 0.0367. The second-order valence-corrected chi connectivity index (χ2v) is 7.71. The molecular weight excluding hydrogens is 464 g/mol. The number of nitrogens with zero attached hydrogens (tertiary/aromatic N) is 1. The predicted octanol–water partition coefficient (Wildman–Crippen LogP) is 6.91. The lowest BCUT2D eigenvalue weighted by atomic mass is 10.1. The second-order valence-electron chi connectivity index (χ2n) is 6.89. The molecule has 1 amide bonds. The van der Waals surface area contributed by atoms with Gasteiger partial charge in [-0.1, -0.05) is 35.3 Å². The molecule has 0 aliphatic heterocycles. The van der Waals surface area contributed by atoms with E-state index in [4.69, 9.17) is 23.2 Å². The number of hydrogen-bond donors (Lipinski definition) is 1. The van der Waals surface area contributed by atoms with E-state index in [0.717, 1.165) is 12.1 Å². The molecule has 0 aliphatic rings. The van der Waals surface area contributed by atoms with Crippen molar-refractivity contribution < 1.29 is 22.8 Å². The molecule has 0 unspecified atom stereocenters. The lowest BCUT2D eigenvalue weighted by Gasteiger charge is -2.10. The van der Waals surface area contributed by atoms with Crippen LogP contribution in [0.5, 0.6) is 0 Å². The molecule has 0 aliphatic carbocycles. The van der Waals surface area contributed by atoms with E-state index in [-0.39, 0.29) is 21.2 Å². The molecule has 9 heteroatoms. The Hall–Kier alpha value is -3.29. The van der Waals surface area contributed by atoms with Crippen LogP contribution in [0.3, 0.4) is 0 Å². The maximum atomic E-state index is 13.0. The van der Waals surface area contributed by atoms with E-state index in [1.807, 2.05) is 0 Å². The van der Waals surface area contributed by atoms with Crippen molar-refractivity contribution >= 4 is 51.6 Å². The lowest BCUT2D eigenvalue weighted by Crippen LogP contribution is -2.14. The number of carbonyl (C=O) groups excluding carboxylic acids is 2. The van der Waals surface area contributed by atoms with Crippen molar-refractivity contribution in [3.8, 4) is 0 Å². The highest BCUT2D eigenvalue weighted by molar-refractivity contribution is 6.40. The standard InChI is InChI=1S/C23H13Cl2F3N2O2/c24-17-5-2-6-18(25)20(17)22(32)30-10-9-13-12-16(7-8-19(13)30)29-21(31)14-3-1-4-15(11-14)23(26,27)28/h1-12H,(H,29,31). The smallest absolute Gasteiger partial charge is 0.322 e. The molecule has 0 radical (unpaired) electrons. The van der Waals surface area contributed by atoms with Crippen LogP contribution in [-0.2, 0) is 6.18 Å². The van der Waals surface area contributed by atoms with E-state index in [2.05, 4.69) is 5.32 Å². The number of fused-ring (bicyclic) bond motifs is 1. The van der Waals surface area contributed by atoms with Crippen LogP contribution < -0.4 is 5.32 Å². The van der Waals surface area contributed by atoms with Gasteiger partial charge >= 0.3 is 6.18 Å². The minimum atomic E-state index is -4.55. The normalized spacial score (nSPS) is 11.5. The SMILES string of the molecule is O=C(Nc1ccc2c(ccn2C(=O)c2c(Cl)cccc2Cl)c1)c1cccc(C(F)(F)F)c1. The number of benzene rings is 3. The average molecular weight is 477 g/mol. The van der Waals surface area contributed by atoms with Crippen molar-refractivity contribution in [2.24, 2.45) is 0 Å². The number of carbonyl (C=O) groups is 2. The van der Waals surface area contributed by atoms with Crippen molar-refractivity contribution in [1.82, 2.24) is 4.57 Å². The van der Waals surface area contributed by atoms with Crippen LogP contribution in [0.15, 0.2) is 72.9 Å². The minimum Gasteiger partial charge on any atom is -0.322 e. The topological polar surface area (TPSA) is 51.1 Å². The third-order valence-electron chi connectivity index (χ3n) is 4.80. The van der Waals surface area contributed by atoms with Crippen LogP contribution >= 0.6 is 23.2 Å². The molecule has 4 rings (SSSR count). The zero-order chi connectivity index (χ0) is 23.0. The number of aromatic nitrogens is 1. The Morgan fingerprint density at radius 2 is 1.56 bits per heavy atom. The second kappa shape index (κ2) is 8.33. The van der Waals surface area contributed by atoms with Gasteiger partial charge in [0.25, 0.3) is 11.8 Å². The average Bonchev–Trinajstić information content (AvgIpc) is 3.16. The number of alkyl halides is 3. The highest BCUT2D eigenvalue weighted by atomic mass is 35.5. The van der Waals surface area contributed by atoms with Crippen molar-refractivity contribution in [3.63, 3.8) is 0 Å². The van der Waals surface area contributed by atoms with Gasteiger partial charge in [-0.25, -0.2) is 0 Å². The highest BCUT2D eigenvalue weighted by Crippen LogP contribution is 2.30. The summed E-state index contributed by atoms with van der Waals surface area (Å²) in [4.78, 5) is 25.4. The monoisotopic (exact) mass is 476 g/mol. The van der Waals surface area contributed by atoms with Gasteiger partial charge in [0.2, 0.25) is 0 Å². The molecule has 0 saturated heterocycles. The first kappa shape index (κ1) is 21.9. The van der Waals surface area contributed by atoms with Gasteiger partial charge in [-0.05, 0) is 54.6 Å². The van der Waals surface area contributed by atoms with Crippen LogP contribution in [0.25, 0.3) is 10.9 Å². The van der Waals surface area contributed by atoms with Crippen molar-refractivity contribution in [2.45, 2.75) is 6.18 Å². The summed E-state index contributed by atoms with van der Waals surface area (Å²) in [5.74, 6) is -1.11. The van der Waals surface area contributed by atoms with Gasteiger partial charge in [0.1, 0.15) is 0 Å². The van der Waals surface area contributed by atoms with Crippen LogP contribution in [0.2, 0.25) is 10.0 Å². The Morgan fingerprint density at radius 3 is 2.25 bits per heavy atom. The molecule has 0 atom stereocenters. The fraction of sp³-hybridized carbons (Fsp3) is 0.0435. The number of anilines is 1. The molecule has 4 aromatic rings. The molecule has 4 nitrogen and oxygen atoms in total. The predicted molar refractivity (Wildman–Crippen MR) is 118 cm³/mol. The highest BCUT2D eigenvalue weighted by Gasteiger charge is 2.31. The number of hydrogen-bond acceptors (Lipinski definition) is 2. The van der Waals surface area contributed by atoms with Crippen molar-refractivity contribution in [2.75, 3.05) is 5.32 Å². The van der Waals surface area contributed by atoms with E-state index in [1.165, 1.54) is 16.7 Å². The largest absolute Gasteiger partial charge is 0.416 e. The maximum Gasteiger partial charge on any atom is 0.416 e. The van der Waals surface area contributed by atoms with Crippen molar-refractivity contribution in [3.05, 3.63) is 99.7 Å². The number of halogens is 5. The molecule has 1 aromatic heterocycles. The summed E-state index contributed by atoms with van der Waals surface area (Å²) in [5, 5.41) is 3.64. The molecule has 162 valence electrons. The summed E-state index contributed by atoms with van der Waals surface area (Å²) < 4.78 is 40.1. The summed E-state index contributed by atoms with van der Waals surface area (Å²) in [6.45, 7) is 0. The van der Waals surface area contributed by atoms with Crippen molar-refractivity contribution in [1.29, 1.82) is 0 Å². The molecule has 32 heavy (non-hydrogen) atoms. The van der Waals surface area contributed by atoms with Crippen LogP contribution in [0.1, 0.15) is 26.3 Å². The molecule has 0 spiro atoms. The summed E-state index contributed by atoms with van der Waals surface area (Å²) in [7, 11) is 0. The van der Waals surface area contributed by atoms with E-state index in [1.54, 1.807) is 48.7 Å². The third-order valence-corrected chi connectivity index (χ3v) is 5.43. The summed E-state index contributed by atoms with van der Waals surface area (Å²) >= 11 is 12.3. The third kappa shape index (κ3) is 4.22. The van der Waals surface area contributed by atoms with Gasteiger partial charge in [0.15, 0.2) is 0 Å². The number of nitrogens with one attached hydrogen (secondary N) is 1. The number of rotatable bonds is 3. The van der Waals surface area contributed by atoms with Crippen LogP contribution in [0, 0.1) is 0 Å². The van der Waals surface area contributed by atoms with E-state index in [9.17, 15) is 22.8 Å². The quantitative estimate of drug-likeness (QED) is 0.349. The fourth-order valence-corrected chi connectivity index (χ4v) is 3.82. The van der Waals surface area contributed by atoms with Gasteiger partial charge in [-0.3, -0.25) is 14.2 Å². The maximum absolute atomic E-state index is 13.0. The molecule has 1 heterocycles. The van der Waals surface area contributed by atoms with Gasteiger partial charge < -0.3 is 5.32 Å². The fourth-order valence-electron chi connectivity index (χ4n) is 3.26. The zero-order valence-electron chi connectivity index (χ0n) is 16.1. The van der Waals surface area contributed by atoms with E-state index in [0.29, 0.717) is 16.6 Å². The van der Waals surface area contributed by atoms with E-state index >= 15 is 0 Å². The first-order valence-corrected chi connectivity index (χ1v) is 9.99. The number of amides is 1. The van der Waals surface area contributed by atoms with Gasteiger partial charge in [0.05, 0.1) is 26.7 Å². The Bertz CT molecular complexity index is 1340. The van der Waals surface area contributed by atoms with Gasteiger partial charge in [-0.15, -0.1) is 0 Å². The zero-order valence-corrected chi connectivity index (χ0v) is 17.6. The molecule has 3 aromatic carbocycles. The van der Waals surface area contributed by atoms with E-state index < -0.39 is 23.6 Å². The molecule has 0 bridgehead atoms. The summed E-state index contributed by atoms with van der Waals surface area (Å²) in [6.07, 6.45) is -3.00. The Balaban J connectivity index is 1.61. The lowest BCUT2D eigenvalue weighted by molar-refractivity contribution is -0.137. The minimum absolute atomic E-state index is 0.124. The Morgan fingerprint density at radius 1 is 0.875 bits per heavy atom.